The first-order chi connectivity index (χ1) is 10.6. The fourth-order valence-corrected chi connectivity index (χ4v) is 1.71. The second kappa shape index (κ2) is 6.99. The van der Waals surface area contributed by atoms with Gasteiger partial charge in [0.1, 0.15) is 5.75 Å². The Balaban J connectivity index is 1.94. The number of carbonyl (C=O) groups excluding carboxylic acids is 1. The minimum Gasteiger partial charge on any atom is -0.506 e. The van der Waals surface area contributed by atoms with Crippen molar-refractivity contribution in [1.29, 1.82) is 0 Å². The number of phenols is 3. The summed E-state index contributed by atoms with van der Waals surface area (Å²) in [7, 11) is 0. The molecule has 0 bridgehead atoms. The van der Waals surface area contributed by atoms with Gasteiger partial charge in [-0.3, -0.25) is 4.79 Å². The van der Waals surface area contributed by atoms with Crippen LogP contribution in [0.4, 0.5) is 5.69 Å². The molecule has 0 saturated carbocycles. The number of phenolic OH excluding ortho intramolecular Hbond substituents is 3. The number of amides is 1. The molecule has 0 saturated heterocycles. The normalized spacial score (nSPS) is 11.1. The van der Waals surface area contributed by atoms with Gasteiger partial charge in [-0.05, 0) is 29.8 Å². The van der Waals surface area contributed by atoms with Crippen LogP contribution in [0.1, 0.15) is 5.56 Å². The lowest BCUT2D eigenvalue weighted by molar-refractivity contribution is -0.111. The number of hydrogen-bond acceptors (Lipinski definition) is 4. The van der Waals surface area contributed by atoms with Crippen molar-refractivity contribution in [2.75, 3.05) is 5.32 Å². The molecule has 0 radical (unpaired) electrons. The summed E-state index contributed by atoms with van der Waals surface area (Å²) in [5, 5.41) is 30.6. The molecule has 5 nitrogen and oxygen atoms in total. The Hall–Kier alpha value is -3.21. The number of para-hydroxylation sites is 2. The molecule has 0 aliphatic heterocycles. The average molecular weight is 297 g/mol. The molecule has 0 aliphatic carbocycles. The smallest absolute Gasteiger partial charge is 0.248 e. The van der Waals surface area contributed by atoms with Crippen LogP contribution in [0.3, 0.4) is 0 Å². The average Bonchev–Trinajstić information content (AvgIpc) is 2.49. The van der Waals surface area contributed by atoms with E-state index in [2.05, 4.69) is 5.32 Å². The Bertz CT molecular complexity index is 735. The van der Waals surface area contributed by atoms with Crippen LogP contribution in [0.5, 0.6) is 17.2 Å². The standard InChI is InChI=1S/C17H15NO4/c19-14-7-3-2-6-13(14)18-17(22)8-4-1-5-12-9-10-15(20)16(21)11-12/h1-11,19-21H,(H,18,22)/b5-1+,8-4+. The zero-order chi connectivity index (χ0) is 15.9. The van der Waals surface area contributed by atoms with E-state index in [1.807, 2.05) is 0 Å². The SMILES string of the molecule is O=C(/C=C/C=C/c1ccc(O)c(O)c1)Nc1ccccc1O. The van der Waals surface area contributed by atoms with E-state index >= 15 is 0 Å². The first-order valence-electron chi connectivity index (χ1n) is 6.52. The Morgan fingerprint density at radius 2 is 1.68 bits per heavy atom. The van der Waals surface area contributed by atoms with Crippen molar-refractivity contribution < 1.29 is 20.1 Å². The van der Waals surface area contributed by atoms with E-state index < -0.39 is 0 Å². The van der Waals surface area contributed by atoms with Gasteiger partial charge in [0.05, 0.1) is 5.69 Å². The van der Waals surface area contributed by atoms with Gasteiger partial charge in [0.2, 0.25) is 5.91 Å². The van der Waals surface area contributed by atoms with Gasteiger partial charge < -0.3 is 20.6 Å². The predicted octanol–water partition coefficient (Wildman–Crippen LogP) is 3.01. The molecular weight excluding hydrogens is 282 g/mol. The number of hydrogen-bond donors (Lipinski definition) is 4. The van der Waals surface area contributed by atoms with Crippen molar-refractivity contribution in [2.24, 2.45) is 0 Å². The molecule has 0 unspecified atom stereocenters. The first-order valence-corrected chi connectivity index (χ1v) is 6.52. The number of rotatable bonds is 4. The lowest BCUT2D eigenvalue weighted by Crippen LogP contribution is -2.07. The molecule has 0 atom stereocenters. The van der Waals surface area contributed by atoms with E-state index in [0.717, 1.165) is 0 Å². The lowest BCUT2D eigenvalue weighted by Gasteiger charge is -2.03. The topological polar surface area (TPSA) is 89.8 Å². The minimum absolute atomic E-state index is 0.000592. The van der Waals surface area contributed by atoms with E-state index in [-0.39, 0.29) is 23.2 Å². The molecule has 0 fully saturated rings. The van der Waals surface area contributed by atoms with Crippen molar-refractivity contribution in [3.63, 3.8) is 0 Å². The van der Waals surface area contributed by atoms with Crippen LogP contribution >= 0.6 is 0 Å². The van der Waals surface area contributed by atoms with Gasteiger partial charge in [-0.25, -0.2) is 0 Å². The van der Waals surface area contributed by atoms with Gasteiger partial charge in [-0.15, -0.1) is 0 Å². The third-order valence-electron chi connectivity index (χ3n) is 2.81. The van der Waals surface area contributed by atoms with Crippen LogP contribution in [0.25, 0.3) is 6.08 Å². The molecule has 0 aromatic heterocycles. The number of benzene rings is 2. The predicted molar refractivity (Wildman–Crippen MR) is 84.7 cm³/mol. The van der Waals surface area contributed by atoms with Gasteiger partial charge in [0, 0.05) is 6.08 Å². The Morgan fingerprint density at radius 3 is 2.41 bits per heavy atom. The molecule has 2 aromatic carbocycles. The summed E-state index contributed by atoms with van der Waals surface area (Å²) < 4.78 is 0. The maximum absolute atomic E-state index is 11.7. The lowest BCUT2D eigenvalue weighted by atomic mass is 10.2. The van der Waals surface area contributed by atoms with Gasteiger partial charge in [-0.2, -0.15) is 0 Å². The third-order valence-corrected chi connectivity index (χ3v) is 2.81. The molecule has 22 heavy (non-hydrogen) atoms. The second-order valence-electron chi connectivity index (χ2n) is 4.47. The summed E-state index contributed by atoms with van der Waals surface area (Å²) in [6.45, 7) is 0. The van der Waals surface area contributed by atoms with Gasteiger partial charge in [0.25, 0.3) is 0 Å². The number of anilines is 1. The van der Waals surface area contributed by atoms with Crippen LogP contribution in [0.2, 0.25) is 0 Å². The highest BCUT2D eigenvalue weighted by Crippen LogP contribution is 2.25. The quantitative estimate of drug-likeness (QED) is 0.397. The van der Waals surface area contributed by atoms with E-state index in [1.165, 1.54) is 30.4 Å². The van der Waals surface area contributed by atoms with Crippen molar-refractivity contribution in [1.82, 2.24) is 0 Å². The van der Waals surface area contributed by atoms with Crippen LogP contribution in [-0.2, 0) is 4.79 Å². The number of carbonyl (C=O) groups is 1. The zero-order valence-electron chi connectivity index (χ0n) is 11.6. The minimum atomic E-state index is -0.375. The molecule has 112 valence electrons. The molecule has 2 aromatic rings. The van der Waals surface area contributed by atoms with Crippen molar-refractivity contribution in [2.45, 2.75) is 0 Å². The van der Waals surface area contributed by atoms with Gasteiger partial charge in [-0.1, -0.05) is 36.4 Å². The number of aromatic hydroxyl groups is 3. The molecular formula is C17H15NO4. The highest BCUT2D eigenvalue weighted by atomic mass is 16.3. The zero-order valence-corrected chi connectivity index (χ0v) is 11.6. The van der Waals surface area contributed by atoms with E-state index in [1.54, 1.807) is 36.4 Å². The van der Waals surface area contributed by atoms with Gasteiger partial charge in [0.15, 0.2) is 11.5 Å². The molecule has 0 aliphatic rings. The second-order valence-corrected chi connectivity index (χ2v) is 4.47. The number of nitrogens with one attached hydrogen (secondary N) is 1. The third kappa shape index (κ3) is 4.14. The fourth-order valence-electron chi connectivity index (χ4n) is 1.71. The van der Waals surface area contributed by atoms with Crippen molar-refractivity contribution >= 4 is 17.7 Å². The maximum atomic E-state index is 11.7. The highest BCUT2D eigenvalue weighted by molar-refractivity contribution is 6.00. The molecule has 1 amide bonds. The molecule has 4 N–H and O–H groups in total. The van der Waals surface area contributed by atoms with Crippen LogP contribution < -0.4 is 5.32 Å². The Kier molecular flexibility index (Phi) is 4.82. The Labute approximate surface area is 127 Å². The van der Waals surface area contributed by atoms with Crippen LogP contribution in [-0.4, -0.2) is 21.2 Å². The van der Waals surface area contributed by atoms with Crippen LogP contribution in [0, 0.1) is 0 Å². The maximum Gasteiger partial charge on any atom is 0.248 e. The fraction of sp³-hybridized carbons (Fsp3) is 0. The van der Waals surface area contributed by atoms with Crippen molar-refractivity contribution in [3.05, 3.63) is 66.3 Å². The van der Waals surface area contributed by atoms with Gasteiger partial charge >= 0.3 is 0 Å². The molecule has 2 rings (SSSR count). The van der Waals surface area contributed by atoms with E-state index in [4.69, 9.17) is 0 Å². The molecule has 0 spiro atoms. The summed E-state index contributed by atoms with van der Waals surface area (Å²) in [5.41, 5.74) is 1.02. The summed E-state index contributed by atoms with van der Waals surface area (Å²) in [5.74, 6) is -0.766. The van der Waals surface area contributed by atoms with Crippen molar-refractivity contribution in [3.8, 4) is 17.2 Å². The number of allylic oxidation sites excluding steroid dienone is 2. The van der Waals surface area contributed by atoms with E-state index in [0.29, 0.717) is 11.3 Å². The molecule has 5 heteroatoms. The summed E-state index contributed by atoms with van der Waals surface area (Å²) >= 11 is 0. The summed E-state index contributed by atoms with van der Waals surface area (Å²) in [6.07, 6.45) is 6.13. The highest BCUT2D eigenvalue weighted by Gasteiger charge is 2.01. The monoisotopic (exact) mass is 297 g/mol. The van der Waals surface area contributed by atoms with E-state index in [9.17, 15) is 20.1 Å². The van der Waals surface area contributed by atoms with Crippen LogP contribution in [0.15, 0.2) is 60.7 Å². The Morgan fingerprint density at radius 1 is 0.909 bits per heavy atom. The summed E-state index contributed by atoms with van der Waals surface area (Å²) in [6, 6.07) is 10.9. The molecule has 0 heterocycles. The first kappa shape index (κ1) is 15.2. The summed E-state index contributed by atoms with van der Waals surface area (Å²) in [4.78, 5) is 11.7. The largest absolute Gasteiger partial charge is 0.506 e.